The van der Waals surface area contributed by atoms with Gasteiger partial charge in [0.25, 0.3) is 0 Å². The summed E-state index contributed by atoms with van der Waals surface area (Å²) in [6, 6.07) is 0. The Bertz CT molecular complexity index is 384. The average molecular weight is 259 g/mol. The van der Waals surface area contributed by atoms with E-state index in [0.717, 1.165) is 26.1 Å². The summed E-state index contributed by atoms with van der Waals surface area (Å²) in [6.07, 6.45) is 3.97. The fourth-order valence-corrected chi connectivity index (χ4v) is 4.06. The van der Waals surface area contributed by atoms with Crippen LogP contribution in [0.2, 0.25) is 4.47 Å². The van der Waals surface area contributed by atoms with E-state index in [-0.39, 0.29) is 6.10 Å². The predicted molar refractivity (Wildman–Crippen MR) is 64.6 cm³/mol. The van der Waals surface area contributed by atoms with E-state index in [2.05, 4.69) is 9.88 Å². The zero-order valence-electron chi connectivity index (χ0n) is 8.97. The second kappa shape index (κ2) is 4.26. The topological polar surface area (TPSA) is 36.4 Å². The number of aliphatic hydroxyl groups is 1. The molecule has 1 aliphatic carbocycles. The van der Waals surface area contributed by atoms with Gasteiger partial charge in [0, 0.05) is 36.6 Å². The molecule has 3 nitrogen and oxygen atoms in total. The van der Waals surface area contributed by atoms with Gasteiger partial charge in [0.05, 0.1) is 6.10 Å². The van der Waals surface area contributed by atoms with Gasteiger partial charge in [0.15, 0.2) is 4.47 Å². The fraction of sp³-hybridized carbons (Fsp3) is 0.727. The van der Waals surface area contributed by atoms with Crippen LogP contribution in [-0.4, -0.2) is 34.2 Å². The van der Waals surface area contributed by atoms with Crippen molar-refractivity contribution in [3.8, 4) is 0 Å². The first kappa shape index (κ1) is 11.0. The SMILES string of the molecule is OC1CCC2CN(Cc3cnc(Cl)s3)CC12. The van der Waals surface area contributed by atoms with Crippen LogP contribution in [0.3, 0.4) is 0 Å². The van der Waals surface area contributed by atoms with Gasteiger partial charge in [-0.1, -0.05) is 11.6 Å². The van der Waals surface area contributed by atoms with Crippen LogP contribution in [0.5, 0.6) is 0 Å². The van der Waals surface area contributed by atoms with Gasteiger partial charge in [0.1, 0.15) is 0 Å². The van der Waals surface area contributed by atoms with Crippen molar-refractivity contribution in [2.24, 2.45) is 11.8 Å². The third-order valence-electron chi connectivity index (χ3n) is 3.80. The number of aliphatic hydroxyl groups excluding tert-OH is 1. The lowest BCUT2D eigenvalue weighted by molar-refractivity contribution is 0.123. The summed E-state index contributed by atoms with van der Waals surface area (Å²) >= 11 is 7.37. The third-order valence-corrected chi connectivity index (χ3v) is 4.90. The zero-order chi connectivity index (χ0) is 11.1. The number of hydrogen-bond donors (Lipinski definition) is 1. The van der Waals surface area contributed by atoms with E-state index in [9.17, 15) is 5.11 Å². The molecule has 5 heteroatoms. The molecule has 3 unspecified atom stereocenters. The van der Waals surface area contributed by atoms with Gasteiger partial charge in [-0.3, -0.25) is 4.90 Å². The Kier molecular flexibility index (Phi) is 2.92. The summed E-state index contributed by atoms with van der Waals surface area (Å²) in [5.41, 5.74) is 0. The van der Waals surface area contributed by atoms with E-state index in [1.165, 1.54) is 11.3 Å². The molecular formula is C11H15ClN2OS. The highest BCUT2D eigenvalue weighted by atomic mass is 35.5. The van der Waals surface area contributed by atoms with Crippen LogP contribution in [0.25, 0.3) is 0 Å². The quantitative estimate of drug-likeness (QED) is 0.882. The highest BCUT2D eigenvalue weighted by molar-refractivity contribution is 7.15. The Morgan fingerprint density at radius 3 is 3.06 bits per heavy atom. The molecule has 2 aliphatic rings. The number of rotatable bonds is 2. The van der Waals surface area contributed by atoms with E-state index in [0.29, 0.717) is 16.3 Å². The smallest absolute Gasteiger partial charge is 0.183 e. The fourth-order valence-electron chi connectivity index (χ4n) is 3.04. The standard InChI is InChI=1S/C11H15ClN2OS/c12-11-13-3-8(16-11)5-14-4-7-1-2-10(15)9(7)6-14/h3,7,9-10,15H,1-2,4-6H2. The Hall–Kier alpha value is -0.160. The monoisotopic (exact) mass is 258 g/mol. The minimum Gasteiger partial charge on any atom is -0.393 e. The predicted octanol–water partition coefficient (Wildman–Crippen LogP) is 2.00. The molecule has 1 saturated carbocycles. The Morgan fingerprint density at radius 2 is 2.38 bits per heavy atom. The molecule has 1 aliphatic heterocycles. The lowest BCUT2D eigenvalue weighted by Gasteiger charge is -2.16. The minimum atomic E-state index is -0.0694. The van der Waals surface area contributed by atoms with Gasteiger partial charge in [-0.25, -0.2) is 4.98 Å². The first-order valence-corrected chi connectivity index (χ1v) is 6.92. The summed E-state index contributed by atoms with van der Waals surface area (Å²) in [5, 5.41) is 9.83. The van der Waals surface area contributed by atoms with Gasteiger partial charge in [-0.15, -0.1) is 11.3 Å². The number of thiazole rings is 1. The van der Waals surface area contributed by atoms with E-state index >= 15 is 0 Å². The number of likely N-dealkylation sites (tertiary alicyclic amines) is 1. The van der Waals surface area contributed by atoms with Gasteiger partial charge < -0.3 is 5.11 Å². The molecular weight excluding hydrogens is 244 g/mol. The van der Waals surface area contributed by atoms with Crippen LogP contribution in [0.1, 0.15) is 17.7 Å². The molecule has 88 valence electrons. The summed E-state index contributed by atoms with van der Waals surface area (Å²) in [7, 11) is 0. The molecule has 2 heterocycles. The maximum Gasteiger partial charge on any atom is 0.183 e. The maximum absolute atomic E-state index is 9.83. The van der Waals surface area contributed by atoms with Gasteiger partial charge >= 0.3 is 0 Å². The highest BCUT2D eigenvalue weighted by Crippen LogP contribution is 2.38. The Labute approximate surface area is 104 Å². The van der Waals surface area contributed by atoms with Crippen LogP contribution < -0.4 is 0 Å². The number of nitrogens with zero attached hydrogens (tertiary/aromatic N) is 2. The van der Waals surface area contributed by atoms with E-state index < -0.39 is 0 Å². The molecule has 1 aromatic rings. The van der Waals surface area contributed by atoms with Gasteiger partial charge in [-0.2, -0.15) is 0 Å². The molecule has 1 saturated heterocycles. The first-order chi connectivity index (χ1) is 7.72. The summed E-state index contributed by atoms with van der Waals surface area (Å²) < 4.78 is 0.620. The van der Waals surface area contributed by atoms with Gasteiger partial charge in [0.2, 0.25) is 0 Å². The van der Waals surface area contributed by atoms with Crippen LogP contribution in [0.4, 0.5) is 0 Å². The molecule has 0 radical (unpaired) electrons. The van der Waals surface area contributed by atoms with Crippen molar-refractivity contribution in [1.82, 2.24) is 9.88 Å². The Morgan fingerprint density at radius 1 is 1.50 bits per heavy atom. The largest absolute Gasteiger partial charge is 0.393 e. The van der Waals surface area contributed by atoms with E-state index in [1.54, 1.807) is 11.3 Å². The van der Waals surface area contributed by atoms with Crippen molar-refractivity contribution in [2.45, 2.75) is 25.5 Å². The highest BCUT2D eigenvalue weighted by Gasteiger charge is 2.41. The summed E-state index contributed by atoms with van der Waals surface area (Å²) in [6.45, 7) is 3.09. The average Bonchev–Trinajstić information content (AvgIpc) is 2.88. The number of fused-ring (bicyclic) bond motifs is 1. The molecule has 0 bridgehead atoms. The van der Waals surface area contributed by atoms with Crippen molar-refractivity contribution in [3.05, 3.63) is 15.5 Å². The number of hydrogen-bond acceptors (Lipinski definition) is 4. The zero-order valence-corrected chi connectivity index (χ0v) is 10.5. The van der Waals surface area contributed by atoms with Crippen LogP contribution in [0, 0.1) is 11.8 Å². The normalized spacial score (nSPS) is 34.5. The molecule has 16 heavy (non-hydrogen) atoms. The van der Waals surface area contributed by atoms with Crippen LogP contribution >= 0.6 is 22.9 Å². The molecule has 0 amide bonds. The Balaban J connectivity index is 1.62. The second-order valence-corrected chi connectivity index (χ2v) is 6.54. The number of halogens is 1. The summed E-state index contributed by atoms with van der Waals surface area (Å²) in [5.74, 6) is 1.21. The lowest BCUT2D eigenvalue weighted by atomic mass is 10.00. The van der Waals surface area contributed by atoms with Gasteiger partial charge in [-0.05, 0) is 18.8 Å². The van der Waals surface area contributed by atoms with Crippen molar-refractivity contribution in [2.75, 3.05) is 13.1 Å². The molecule has 0 spiro atoms. The molecule has 0 aromatic carbocycles. The molecule has 3 atom stereocenters. The first-order valence-electron chi connectivity index (χ1n) is 5.73. The van der Waals surface area contributed by atoms with Crippen molar-refractivity contribution >= 4 is 22.9 Å². The van der Waals surface area contributed by atoms with Crippen molar-refractivity contribution in [3.63, 3.8) is 0 Å². The van der Waals surface area contributed by atoms with Crippen LogP contribution in [-0.2, 0) is 6.54 Å². The second-order valence-electron chi connectivity index (χ2n) is 4.84. The number of aromatic nitrogens is 1. The molecule has 1 N–H and O–H groups in total. The minimum absolute atomic E-state index is 0.0694. The van der Waals surface area contributed by atoms with Crippen molar-refractivity contribution in [1.29, 1.82) is 0 Å². The third kappa shape index (κ3) is 1.99. The maximum atomic E-state index is 9.83. The molecule has 3 rings (SSSR count). The summed E-state index contributed by atoms with van der Waals surface area (Å²) in [4.78, 5) is 7.69. The van der Waals surface area contributed by atoms with Crippen molar-refractivity contribution < 1.29 is 5.11 Å². The van der Waals surface area contributed by atoms with Crippen LogP contribution in [0.15, 0.2) is 6.20 Å². The van der Waals surface area contributed by atoms with E-state index in [1.807, 2.05) is 6.20 Å². The molecule has 1 aromatic heterocycles. The molecule has 2 fully saturated rings. The lowest BCUT2D eigenvalue weighted by Crippen LogP contribution is -2.24. The van der Waals surface area contributed by atoms with E-state index in [4.69, 9.17) is 11.6 Å².